The minimum absolute atomic E-state index is 0.697. The summed E-state index contributed by atoms with van der Waals surface area (Å²) in [6.07, 6.45) is 0. The van der Waals surface area contributed by atoms with Crippen LogP contribution in [-0.2, 0) is 9.84 Å². The Kier molecular flexibility index (Phi) is 2.96. The van der Waals surface area contributed by atoms with Crippen molar-refractivity contribution in [2.75, 3.05) is 5.75 Å². The Morgan fingerprint density at radius 3 is 1.91 bits per heavy atom. The molecule has 0 aromatic carbocycles. The molecule has 0 fully saturated rings. The van der Waals surface area contributed by atoms with Crippen LogP contribution in [0.15, 0.2) is 0 Å². The fourth-order valence-corrected chi connectivity index (χ4v) is 1.74. The molecule has 0 aliphatic carbocycles. The van der Waals surface area contributed by atoms with Gasteiger partial charge in [-0.1, -0.05) is 0 Å². The normalized spacial score (nSPS) is 14.0. The average Bonchev–Trinajstić information content (AvgIpc) is 1.56. The van der Waals surface area contributed by atoms with Crippen molar-refractivity contribution in [1.82, 2.24) is 0 Å². The minimum atomic E-state index is -4.31. The van der Waals surface area contributed by atoms with Crippen molar-refractivity contribution in [3.63, 3.8) is 0 Å². The first-order valence-corrected chi connectivity index (χ1v) is 4.65. The molecule has 0 aromatic rings. The summed E-state index contributed by atoms with van der Waals surface area (Å²) in [6.45, 7) is 2.76. The lowest BCUT2D eigenvalue weighted by molar-refractivity contribution is 0.233. The van der Waals surface area contributed by atoms with E-state index in [4.69, 9.17) is 5.73 Å². The van der Waals surface area contributed by atoms with Crippen LogP contribution in [0.5, 0.6) is 0 Å². The number of sulfone groups is 1. The van der Waals surface area contributed by atoms with Gasteiger partial charge >= 0.3 is 5.76 Å². The summed E-state index contributed by atoms with van der Waals surface area (Å²) >= 11 is 0. The summed E-state index contributed by atoms with van der Waals surface area (Å²) in [6, 6.07) is 0. The van der Waals surface area contributed by atoms with Gasteiger partial charge in [0.1, 0.15) is 0 Å². The van der Waals surface area contributed by atoms with Crippen molar-refractivity contribution in [3.05, 3.63) is 0 Å². The van der Waals surface area contributed by atoms with Crippen molar-refractivity contribution in [2.45, 2.75) is 25.1 Å². The Labute approximate surface area is 64.5 Å². The fourth-order valence-electron chi connectivity index (χ4n) is 0.582. The molecule has 0 spiro atoms. The molecule has 0 aromatic heterocycles. The quantitative estimate of drug-likeness (QED) is 0.694. The van der Waals surface area contributed by atoms with E-state index in [9.17, 15) is 17.2 Å². The van der Waals surface area contributed by atoms with E-state index in [0.29, 0.717) is 0 Å². The molecular formula is C5H11F2NO2S. The number of hydrogen-bond acceptors (Lipinski definition) is 3. The van der Waals surface area contributed by atoms with E-state index >= 15 is 0 Å². The highest BCUT2D eigenvalue weighted by atomic mass is 32.2. The molecule has 0 saturated heterocycles. The summed E-state index contributed by atoms with van der Waals surface area (Å²) in [5, 5.41) is 0. The summed E-state index contributed by atoms with van der Waals surface area (Å²) in [5.41, 5.74) is 4.14. The van der Waals surface area contributed by atoms with Gasteiger partial charge in [0.05, 0.1) is 5.75 Å². The highest BCUT2D eigenvalue weighted by molar-refractivity contribution is 7.91. The second-order valence-electron chi connectivity index (χ2n) is 3.06. The molecule has 68 valence electrons. The number of nitrogens with two attached hydrogens (primary N) is 1. The summed E-state index contributed by atoms with van der Waals surface area (Å²) in [5.74, 6) is -4.03. The van der Waals surface area contributed by atoms with Crippen molar-refractivity contribution >= 4 is 9.84 Å². The monoisotopic (exact) mass is 187 g/mol. The third kappa shape index (κ3) is 4.26. The number of rotatable bonds is 3. The Morgan fingerprint density at radius 2 is 1.82 bits per heavy atom. The second kappa shape index (κ2) is 3.02. The lowest BCUT2D eigenvalue weighted by Crippen LogP contribution is -2.41. The summed E-state index contributed by atoms with van der Waals surface area (Å²) in [7, 11) is -4.31. The summed E-state index contributed by atoms with van der Waals surface area (Å²) < 4.78 is 44.4. The Hall–Kier alpha value is -0.230. The van der Waals surface area contributed by atoms with Crippen LogP contribution in [0.3, 0.4) is 0 Å². The predicted octanol–water partition coefficient (Wildman–Crippen LogP) is 0.361. The van der Waals surface area contributed by atoms with Gasteiger partial charge in [0, 0.05) is 5.54 Å². The molecule has 0 heterocycles. The van der Waals surface area contributed by atoms with Gasteiger partial charge in [0.15, 0.2) is 0 Å². The maximum Gasteiger partial charge on any atom is 0.336 e. The SMILES string of the molecule is CC(C)(N)CS(=O)(=O)C(F)F. The van der Waals surface area contributed by atoms with E-state index in [2.05, 4.69) is 0 Å². The molecule has 0 unspecified atom stereocenters. The Bertz CT molecular complexity index is 217. The standard InChI is InChI=1S/C5H11F2NO2S/c1-5(2,8)3-11(9,10)4(6)7/h4H,3,8H2,1-2H3. The van der Waals surface area contributed by atoms with E-state index in [1.165, 1.54) is 13.8 Å². The van der Waals surface area contributed by atoms with E-state index in [-0.39, 0.29) is 0 Å². The van der Waals surface area contributed by atoms with Crippen molar-refractivity contribution in [2.24, 2.45) is 5.73 Å². The van der Waals surface area contributed by atoms with Crippen molar-refractivity contribution in [3.8, 4) is 0 Å². The lowest BCUT2D eigenvalue weighted by atomic mass is 10.1. The van der Waals surface area contributed by atoms with Gasteiger partial charge in [-0.05, 0) is 13.8 Å². The molecule has 2 N–H and O–H groups in total. The molecule has 0 aliphatic rings. The van der Waals surface area contributed by atoms with Crippen LogP contribution in [0, 0.1) is 0 Å². The molecule has 11 heavy (non-hydrogen) atoms. The third-order valence-electron chi connectivity index (χ3n) is 0.845. The van der Waals surface area contributed by atoms with Gasteiger partial charge in [-0.2, -0.15) is 8.78 Å². The molecule has 0 amide bonds. The first kappa shape index (κ1) is 10.8. The molecule has 0 radical (unpaired) electrons. The lowest BCUT2D eigenvalue weighted by Gasteiger charge is -2.17. The van der Waals surface area contributed by atoms with E-state index in [0.717, 1.165) is 0 Å². The zero-order valence-electron chi connectivity index (χ0n) is 6.34. The molecule has 0 rings (SSSR count). The minimum Gasteiger partial charge on any atom is -0.325 e. The average molecular weight is 187 g/mol. The maximum atomic E-state index is 11.7. The molecule has 0 bridgehead atoms. The third-order valence-corrected chi connectivity index (χ3v) is 2.53. The van der Waals surface area contributed by atoms with Crippen LogP contribution in [0.2, 0.25) is 0 Å². The maximum absolute atomic E-state index is 11.7. The largest absolute Gasteiger partial charge is 0.336 e. The van der Waals surface area contributed by atoms with Gasteiger partial charge in [-0.3, -0.25) is 0 Å². The van der Waals surface area contributed by atoms with Gasteiger partial charge in [0.25, 0.3) is 0 Å². The smallest absolute Gasteiger partial charge is 0.325 e. The second-order valence-corrected chi connectivity index (χ2v) is 5.03. The van der Waals surface area contributed by atoms with Crippen LogP contribution in [0.4, 0.5) is 8.78 Å². The highest BCUT2D eigenvalue weighted by Crippen LogP contribution is 2.11. The van der Waals surface area contributed by atoms with Crippen LogP contribution in [0.25, 0.3) is 0 Å². The van der Waals surface area contributed by atoms with Crippen LogP contribution >= 0.6 is 0 Å². The fraction of sp³-hybridized carbons (Fsp3) is 1.00. The number of halogens is 2. The van der Waals surface area contributed by atoms with E-state index < -0.39 is 26.9 Å². The van der Waals surface area contributed by atoms with Crippen LogP contribution in [-0.4, -0.2) is 25.5 Å². The molecular weight excluding hydrogens is 176 g/mol. The van der Waals surface area contributed by atoms with Gasteiger partial charge in [-0.15, -0.1) is 0 Å². The first-order valence-electron chi connectivity index (χ1n) is 2.94. The van der Waals surface area contributed by atoms with Gasteiger partial charge < -0.3 is 5.73 Å². The zero-order valence-corrected chi connectivity index (χ0v) is 7.16. The highest BCUT2D eigenvalue weighted by Gasteiger charge is 2.29. The van der Waals surface area contributed by atoms with Gasteiger partial charge in [0.2, 0.25) is 9.84 Å². The first-order chi connectivity index (χ1) is 4.65. The molecule has 3 nitrogen and oxygen atoms in total. The van der Waals surface area contributed by atoms with E-state index in [1.54, 1.807) is 0 Å². The number of alkyl halides is 2. The van der Waals surface area contributed by atoms with Crippen molar-refractivity contribution in [1.29, 1.82) is 0 Å². The Balaban J connectivity index is 4.40. The molecule has 0 saturated carbocycles. The van der Waals surface area contributed by atoms with Gasteiger partial charge in [-0.25, -0.2) is 8.42 Å². The summed E-state index contributed by atoms with van der Waals surface area (Å²) in [4.78, 5) is 0. The van der Waals surface area contributed by atoms with Crippen LogP contribution in [0.1, 0.15) is 13.8 Å². The van der Waals surface area contributed by atoms with E-state index in [1.807, 2.05) is 0 Å². The topological polar surface area (TPSA) is 60.2 Å². The molecule has 0 aliphatic heterocycles. The zero-order chi connectivity index (χ0) is 9.28. The Morgan fingerprint density at radius 1 is 1.45 bits per heavy atom. The number of hydrogen-bond donors (Lipinski definition) is 1. The van der Waals surface area contributed by atoms with Crippen LogP contribution < -0.4 is 5.73 Å². The molecule has 0 atom stereocenters. The van der Waals surface area contributed by atoms with Crippen molar-refractivity contribution < 1.29 is 17.2 Å². The molecule has 6 heteroatoms. The predicted molar refractivity (Wildman–Crippen MR) is 38.1 cm³/mol.